The van der Waals surface area contributed by atoms with Crippen LogP contribution in [0.1, 0.15) is 12.8 Å². The number of carbonyl (C=O) groups excluding carboxylic acids is 1. The minimum absolute atomic E-state index is 0.0761. The smallest absolute Gasteiger partial charge is 0.247 e. The Kier molecular flexibility index (Phi) is 5.87. The average Bonchev–Trinajstić information content (AvgIpc) is 3.13. The first-order chi connectivity index (χ1) is 13.1. The summed E-state index contributed by atoms with van der Waals surface area (Å²) in [7, 11) is 0. The molecule has 2 aromatic carbocycles. The lowest BCUT2D eigenvalue weighted by atomic mass is 10.2. The van der Waals surface area contributed by atoms with Crippen LogP contribution in [0, 0.1) is 11.6 Å². The van der Waals surface area contributed by atoms with E-state index in [0.29, 0.717) is 18.3 Å². The van der Waals surface area contributed by atoms with Crippen molar-refractivity contribution in [3.05, 3.63) is 66.1 Å². The fourth-order valence-electron chi connectivity index (χ4n) is 2.48. The summed E-state index contributed by atoms with van der Waals surface area (Å²) in [5, 5.41) is 10.3. The Bertz CT molecular complexity index is 895. The molecule has 0 aliphatic carbocycles. The van der Waals surface area contributed by atoms with Crippen LogP contribution in [-0.4, -0.2) is 34.1 Å². The van der Waals surface area contributed by atoms with Gasteiger partial charge < -0.3 is 9.73 Å². The summed E-state index contributed by atoms with van der Waals surface area (Å²) in [5.74, 6) is -1.45. The molecule has 0 spiro atoms. The molecule has 0 fully saturated rings. The molecule has 1 aromatic heterocycles. The van der Waals surface area contributed by atoms with Gasteiger partial charge in [-0.1, -0.05) is 31.2 Å². The molecule has 0 radical (unpaired) electrons. The van der Waals surface area contributed by atoms with E-state index in [-0.39, 0.29) is 13.1 Å². The highest BCUT2D eigenvalue weighted by Crippen LogP contribution is 2.19. The third kappa shape index (κ3) is 4.73. The van der Waals surface area contributed by atoms with Crippen LogP contribution in [0.5, 0.6) is 0 Å². The normalized spacial score (nSPS) is 11.0. The summed E-state index contributed by atoms with van der Waals surface area (Å²) in [6.45, 7) is 2.53. The second-order valence-electron chi connectivity index (χ2n) is 5.82. The number of likely N-dealkylation sites (N-methyl/N-ethyl adjacent to an activating group) is 1. The maximum atomic E-state index is 13.6. The zero-order chi connectivity index (χ0) is 19.2. The second kappa shape index (κ2) is 8.50. The van der Waals surface area contributed by atoms with E-state index in [0.717, 1.165) is 17.7 Å². The highest BCUT2D eigenvalue weighted by Gasteiger charge is 2.17. The maximum Gasteiger partial charge on any atom is 0.247 e. The number of halogens is 2. The standard InChI is InChI=1S/C19H18F2N4O2/c1-2-25(11-16(26)22-18-14(20)9-6-10-15(18)21)12-17-23-24-19(27-17)13-7-4-3-5-8-13/h3-10H,2,11-12H2,1H3,(H,22,26). The van der Waals surface area contributed by atoms with Crippen LogP contribution >= 0.6 is 0 Å². The first kappa shape index (κ1) is 18.7. The molecule has 140 valence electrons. The van der Waals surface area contributed by atoms with Crippen molar-refractivity contribution < 1.29 is 18.0 Å². The number of anilines is 1. The van der Waals surface area contributed by atoms with Gasteiger partial charge in [0.15, 0.2) is 0 Å². The van der Waals surface area contributed by atoms with Crippen molar-refractivity contribution in [1.29, 1.82) is 0 Å². The molecule has 3 aromatic rings. The molecule has 8 heteroatoms. The topological polar surface area (TPSA) is 71.3 Å². The van der Waals surface area contributed by atoms with Gasteiger partial charge in [-0.05, 0) is 30.8 Å². The van der Waals surface area contributed by atoms with Crippen molar-refractivity contribution in [1.82, 2.24) is 15.1 Å². The minimum Gasteiger partial charge on any atom is -0.419 e. The largest absolute Gasteiger partial charge is 0.419 e. The molecule has 1 heterocycles. The van der Waals surface area contributed by atoms with Gasteiger partial charge in [-0.15, -0.1) is 10.2 Å². The monoisotopic (exact) mass is 372 g/mol. The lowest BCUT2D eigenvalue weighted by Gasteiger charge is -2.18. The fraction of sp³-hybridized carbons (Fsp3) is 0.211. The number of nitrogens with one attached hydrogen (secondary N) is 1. The van der Waals surface area contributed by atoms with Gasteiger partial charge in [-0.25, -0.2) is 8.78 Å². The molecule has 0 unspecified atom stereocenters. The molecule has 1 amide bonds. The van der Waals surface area contributed by atoms with Crippen LogP contribution in [0.15, 0.2) is 52.9 Å². The molecule has 27 heavy (non-hydrogen) atoms. The molecule has 0 aliphatic rings. The van der Waals surface area contributed by atoms with Gasteiger partial charge in [0, 0.05) is 5.56 Å². The third-order valence-electron chi connectivity index (χ3n) is 3.89. The molecule has 6 nitrogen and oxygen atoms in total. The van der Waals surface area contributed by atoms with Crippen LogP contribution in [0.3, 0.4) is 0 Å². The SMILES string of the molecule is CCN(CC(=O)Nc1c(F)cccc1F)Cc1nnc(-c2ccccc2)o1. The quantitative estimate of drug-likeness (QED) is 0.688. The number of rotatable bonds is 7. The highest BCUT2D eigenvalue weighted by molar-refractivity contribution is 5.92. The zero-order valence-corrected chi connectivity index (χ0v) is 14.7. The van der Waals surface area contributed by atoms with E-state index in [4.69, 9.17) is 4.42 Å². The van der Waals surface area contributed by atoms with Crippen LogP contribution in [0.2, 0.25) is 0 Å². The molecule has 0 saturated heterocycles. The molecule has 0 saturated carbocycles. The molecule has 0 aliphatic heterocycles. The van der Waals surface area contributed by atoms with E-state index >= 15 is 0 Å². The summed E-state index contributed by atoms with van der Waals surface area (Å²) in [5.41, 5.74) is 0.342. The van der Waals surface area contributed by atoms with E-state index in [1.165, 1.54) is 6.07 Å². The van der Waals surface area contributed by atoms with Crippen LogP contribution in [0.4, 0.5) is 14.5 Å². The fourth-order valence-corrected chi connectivity index (χ4v) is 2.48. The Hall–Kier alpha value is -3.13. The van der Waals surface area contributed by atoms with E-state index in [2.05, 4.69) is 15.5 Å². The van der Waals surface area contributed by atoms with E-state index in [1.807, 2.05) is 37.3 Å². The van der Waals surface area contributed by atoms with Crippen molar-refractivity contribution in [2.45, 2.75) is 13.5 Å². The molecular weight excluding hydrogens is 354 g/mol. The highest BCUT2D eigenvalue weighted by atomic mass is 19.1. The average molecular weight is 372 g/mol. The molecule has 0 bridgehead atoms. The van der Waals surface area contributed by atoms with Crippen molar-refractivity contribution in [2.24, 2.45) is 0 Å². The summed E-state index contributed by atoms with van der Waals surface area (Å²) in [6, 6.07) is 12.7. The second-order valence-corrected chi connectivity index (χ2v) is 5.82. The first-order valence-corrected chi connectivity index (χ1v) is 8.41. The van der Waals surface area contributed by atoms with Gasteiger partial charge >= 0.3 is 0 Å². The Morgan fingerprint density at radius 2 is 1.78 bits per heavy atom. The van der Waals surface area contributed by atoms with E-state index in [1.54, 1.807) is 4.90 Å². The van der Waals surface area contributed by atoms with Gasteiger partial charge in [0.2, 0.25) is 17.7 Å². The number of aromatic nitrogens is 2. The lowest BCUT2D eigenvalue weighted by Crippen LogP contribution is -2.33. The molecular formula is C19H18F2N4O2. The Balaban J connectivity index is 1.62. The zero-order valence-electron chi connectivity index (χ0n) is 14.7. The van der Waals surface area contributed by atoms with Crippen molar-refractivity contribution in [3.8, 4) is 11.5 Å². The first-order valence-electron chi connectivity index (χ1n) is 8.41. The number of benzene rings is 2. The lowest BCUT2D eigenvalue weighted by molar-refractivity contribution is -0.117. The summed E-state index contributed by atoms with van der Waals surface area (Å²) in [4.78, 5) is 13.9. The van der Waals surface area contributed by atoms with Gasteiger partial charge in [0.25, 0.3) is 0 Å². The molecule has 3 rings (SSSR count). The predicted molar refractivity (Wildman–Crippen MR) is 95.7 cm³/mol. The Morgan fingerprint density at radius 1 is 1.07 bits per heavy atom. The number of nitrogens with zero attached hydrogens (tertiary/aromatic N) is 3. The predicted octanol–water partition coefficient (Wildman–Crippen LogP) is 3.48. The number of hydrogen-bond acceptors (Lipinski definition) is 5. The summed E-state index contributed by atoms with van der Waals surface area (Å²) in [6.07, 6.45) is 0. The van der Waals surface area contributed by atoms with Gasteiger partial charge in [0.1, 0.15) is 17.3 Å². The van der Waals surface area contributed by atoms with Crippen molar-refractivity contribution >= 4 is 11.6 Å². The van der Waals surface area contributed by atoms with Gasteiger partial charge in [-0.2, -0.15) is 0 Å². The minimum atomic E-state index is -0.823. The van der Waals surface area contributed by atoms with Crippen molar-refractivity contribution in [2.75, 3.05) is 18.4 Å². The van der Waals surface area contributed by atoms with Crippen LogP contribution < -0.4 is 5.32 Å². The van der Waals surface area contributed by atoms with Crippen LogP contribution in [0.25, 0.3) is 11.5 Å². The van der Waals surface area contributed by atoms with E-state index < -0.39 is 23.2 Å². The summed E-state index contributed by atoms with van der Waals surface area (Å²) >= 11 is 0. The molecule has 1 N–H and O–H groups in total. The van der Waals surface area contributed by atoms with Gasteiger partial charge in [-0.3, -0.25) is 9.69 Å². The number of carbonyl (C=O) groups is 1. The van der Waals surface area contributed by atoms with E-state index in [9.17, 15) is 13.6 Å². The van der Waals surface area contributed by atoms with Crippen LogP contribution in [-0.2, 0) is 11.3 Å². The third-order valence-corrected chi connectivity index (χ3v) is 3.89. The number of hydrogen-bond donors (Lipinski definition) is 1. The van der Waals surface area contributed by atoms with Crippen molar-refractivity contribution in [3.63, 3.8) is 0 Å². The number of amides is 1. The Labute approximate surface area is 154 Å². The summed E-state index contributed by atoms with van der Waals surface area (Å²) < 4.78 is 32.9. The molecule has 0 atom stereocenters. The van der Waals surface area contributed by atoms with Gasteiger partial charge in [0.05, 0.1) is 13.1 Å². The number of para-hydroxylation sites is 1. The maximum absolute atomic E-state index is 13.6. The Morgan fingerprint density at radius 3 is 2.44 bits per heavy atom.